The Balaban J connectivity index is 2.40. The predicted molar refractivity (Wildman–Crippen MR) is 118 cm³/mol. The highest BCUT2D eigenvalue weighted by atomic mass is 16.4. The van der Waals surface area contributed by atoms with Crippen LogP contribution in [0.3, 0.4) is 0 Å². The van der Waals surface area contributed by atoms with E-state index in [2.05, 4.69) is 24.1 Å². The van der Waals surface area contributed by atoms with Crippen molar-refractivity contribution in [2.45, 2.75) is 59.4 Å². The molecule has 1 aliphatic heterocycles. The molecule has 0 unspecified atom stereocenters. The molecule has 1 aromatic rings. The summed E-state index contributed by atoms with van der Waals surface area (Å²) in [5.41, 5.74) is 2.18. The molecule has 30 heavy (non-hydrogen) atoms. The molecule has 166 valence electrons. The second-order valence-electron chi connectivity index (χ2n) is 8.49. The van der Waals surface area contributed by atoms with Crippen molar-refractivity contribution in [2.75, 3.05) is 31.1 Å². The average molecular weight is 418 g/mol. The topological polar surface area (TPSA) is 90.0 Å². The number of carbonyl (C=O) groups is 3. The number of aliphatic carboxylic acids is 1. The summed E-state index contributed by atoms with van der Waals surface area (Å²) in [4.78, 5) is 39.8. The number of fused-ring (bicyclic) bond motifs is 1. The fourth-order valence-electron chi connectivity index (χ4n) is 3.95. The van der Waals surface area contributed by atoms with Crippen molar-refractivity contribution in [1.29, 1.82) is 0 Å². The lowest BCUT2D eigenvalue weighted by atomic mass is 10.0. The van der Waals surface area contributed by atoms with Gasteiger partial charge in [0.2, 0.25) is 5.91 Å². The Hall–Kier alpha value is -2.41. The zero-order valence-corrected chi connectivity index (χ0v) is 18.4. The molecule has 7 nitrogen and oxygen atoms in total. The van der Waals surface area contributed by atoms with Crippen LogP contribution in [-0.2, 0) is 16.1 Å². The van der Waals surface area contributed by atoms with Crippen molar-refractivity contribution in [1.82, 2.24) is 10.2 Å². The van der Waals surface area contributed by atoms with E-state index in [1.54, 1.807) is 13.0 Å². The molecule has 7 heteroatoms. The molecule has 1 aromatic carbocycles. The monoisotopic (exact) mass is 417 g/mol. The maximum absolute atomic E-state index is 12.4. The first kappa shape index (κ1) is 23.9. The van der Waals surface area contributed by atoms with Gasteiger partial charge in [0.25, 0.3) is 5.91 Å². The van der Waals surface area contributed by atoms with Crippen LogP contribution >= 0.6 is 0 Å². The van der Waals surface area contributed by atoms with E-state index in [-0.39, 0.29) is 5.91 Å². The molecule has 2 rings (SSSR count). The third kappa shape index (κ3) is 7.44. The minimum absolute atomic E-state index is 0.00759. The van der Waals surface area contributed by atoms with Gasteiger partial charge in [0.15, 0.2) is 0 Å². The fraction of sp³-hybridized carbons (Fsp3) is 0.609. The standard InChI is InChI=1S/C23H35N3O4/c1-17(2)15-25-11-7-5-4-6-8-12-26(18(3)27)21-10-9-19(13-20(21)16-25)23(30)24-14-22(28)29/h9-10,13,17H,4-8,11-12,14-16H2,1-3H3,(H,24,30)(H,28,29). The van der Waals surface area contributed by atoms with Crippen molar-refractivity contribution in [2.24, 2.45) is 5.92 Å². The lowest BCUT2D eigenvalue weighted by molar-refractivity contribution is -0.135. The van der Waals surface area contributed by atoms with Crippen LogP contribution < -0.4 is 10.2 Å². The van der Waals surface area contributed by atoms with E-state index in [4.69, 9.17) is 5.11 Å². The van der Waals surface area contributed by atoms with E-state index < -0.39 is 18.4 Å². The van der Waals surface area contributed by atoms with Crippen molar-refractivity contribution in [3.8, 4) is 0 Å². The van der Waals surface area contributed by atoms with Crippen LogP contribution in [0.4, 0.5) is 5.69 Å². The van der Waals surface area contributed by atoms with Gasteiger partial charge in [0, 0.05) is 37.8 Å². The highest BCUT2D eigenvalue weighted by Gasteiger charge is 2.20. The third-order valence-electron chi connectivity index (χ3n) is 5.29. The molecule has 1 heterocycles. The second-order valence-corrected chi connectivity index (χ2v) is 8.49. The van der Waals surface area contributed by atoms with Crippen LogP contribution in [0.25, 0.3) is 0 Å². The molecule has 0 radical (unpaired) electrons. The maximum Gasteiger partial charge on any atom is 0.322 e. The minimum atomic E-state index is -1.08. The maximum atomic E-state index is 12.4. The van der Waals surface area contributed by atoms with E-state index in [9.17, 15) is 14.4 Å². The summed E-state index contributed by atoms with van der Waals surface area (Å²) in [6, 6.07) is 5.30. The first-order chi connectivity index (χ1) is 14.3. The molecule has 0 saturated heterocycles. The van der Waals surface area contributed by atoms with Crippen LogP contribution in [0.5, 0.6) is 0 Å². The third-order valence-corrected chi connectivity index (χ3v) is 5.29. The van der Waals surface area contributed by atoms with Gasteiger partial charge in [0.1, 0.15) is 6.54 Å². The van der Waals surface area contributed by atoms with Gasteiger partial charge in [-0.2, -0.15) is 0 Å². The van der Waals surface area contributed by atoms with Crippen molar-refractivity contribution in [3.63, 3.8) is 0 Å². The quantitative estimate of drug-likeness (QED) is 0.767. The van der Waals surface area contributed by atoms with Crippen LogP contribution in [0.1, 0.15) is 68.8 Å². The smallest absolute Gasteiger partial charge is 0.322 e. The van der Waals surface area contributed by atoms with Gasteiger partial charge < -0.3 is 15.3 Å². The average Bonchev–Trinajstić information content (AvgIpc) is 2.66. The van der Waals surface area contributed by atoms with E-state index in [1.165, 1.54) is 12.8 Å². The number of nitrogens with one attached hydrogen (secondary N) is 1. The Kier molecular flexibility index (Phi) is 9.30. The Bertz CT molecular complexity index is 748. The molecule has 0 aliphatic carbocycles. The zero-order valence-electron chi connectivity index (χ0n) is 18.4. The highest BCUT2D eigenvalue weighted by molar-refractivity contribution is 5.98. The number of carbonyl (C=O) groups excluding carboxylic acids is 2. The minimum Gasteiger partial charge on any atom is -0.480 e. The van der Waals surface area contributed by atoms with Gasteiger partial charge >= 0.3 is 5.97 Å². The molecule has 1 aliphatic rings. The van der Waals surface area contributed by atoms with Crippen molar-refractivity contribution in [3.05, 3.63) is 29.3 Å². The van der Waals surface area contributed by atoms with Crippen molar-refractivity contribution >= 4 is 23.5 Å². The summed E-state index contributed by atoms with van der Waals surface area (Å²) in [6.07, 6.45) is 5.54. The molecule has 0 atom stereocenters. The number of carboxylic acids is 1. The summed E-state index contributed by atoms with van der Waals surface area (Å²) in [7, 11) is 0. The number of benzene rings is 1. The van der Waals surface area contributed by atoms with Gasteiger partial charge in [-0.3, -0.25) is 19.3 Å². The molecule has 2 N–H and O–H groups in total. The van der Waals surface area contributed by atoms with Crippen LogP contribution in [-0.4, -0.2) is 54.0 Å². The lowest BCUT2D eigenvalue weighted by Gasteiger charge is -2.30. The molecule has 0 fully saturated rings. The summed E-state index contributed by atoms with van der Waals surface area (Å²) in [5.74, 6) is -1.00. The summed E-state index contributed by atoms with van der Waals surface area (Å²) in [5, 5.41) is 11.2. The molecule has 0 bridgehead atoms. The first-order valence-corrected chi connectivity index (χ1v) is 10.9. The van der Waals surface area contributed by atoms with E-state index in [1.807, 2.05) is 17.0 Å². The number of rotatable bonds is 5. The molecule has 0 saturated carbocycles. The van der Waals surface area contributed by atoms with Gasteiger partial charge in [-0.05, 0) is 49.1 Å². The largest absolute Gasteiger partial charge is 0.480 e. The summed E-state index contributed by atoms with van der Waals surface area (Å²) >= 11 is 0. The van der Waals surface area contributed by atoms with E-state index >= 15 is 0 Å². The summed E-state index contributed by atoms with van der Waals surface area (Å²) in [6.45, 7) is 8.77. The molecule has 0 spiro atoms. The molecular formula is C23H35N3O4. The first-order valence-electron chi connectivity index (χ1n) is 10.9. The highest BCUT2D eigenvalue weighted by Crippen LogP contribution is 2.26. The van der Waals surface area contributed by atoms with Crippen molar-refractivity contribution < 1.29 is 19.5 Å². The zero-order chi connectivity index (χ0) is 22.1. The Morgan fingerprint density at radius 3 is 2.37 bits per heavy atom. The van der Waals surface area contributed by atoms with Gasteiger partial charge in [-0.15, -0.1) is 0 Å². The Labute approximate surface area is 179 Å². The van der Waals surface area contributed by atoms with Crippen LogP contribution in [0.2, 0.25) is 0 Å². The second kappa shape index (κ2) is 11.7. The number of amides is 2. The van der Waals surface area contributed by atoms with Crippen LogP contribution in [0, 0.1) is 5.92 Å². The van der Waals surface area contributed by atoms with Gasteiger partial charge in [-0.25, -0.2) is 0 Å². The lowest BCUT2D eigenvalue weighted by Crippen LogP contribution is -2.34. The van der Waals surface area contributed by atoms with Gasteiger partial charge in [-0.1, -0.05) is 33.1 Å². The van der Waals surface area contributed by atoms with Crippen LogP contribution in [0.15, 0.2) is 18.2 Å². The van der Waals surface area contributed by atoms with E-state index in [0.717, 1.165) is 43.6 Å². The number of hydrogen-bond acceptors (Lipinski definition) is 4. The molecule has 0 aromatic heterocycles. The molecule has 2 amide bonds. The number of hydrogen-bond donors (Lipinski definition) is 2. The summed E-state index contributed by atoms with van der Waals surface area (Å²) < 4.78 is 0. The fourth-order valence-corrected chi connectivity index (χ4v) is 3.95. The van der Waals surface area contributed by atoms with E-state index in [0.29, 0.717) is 24.6 Å². The molecular weight excluding hydrogens is 382 g/mol. The number of carboxylic acid groups (broad SMARTS) is 1. The Morgan fingerprint density at radius 2 is 1.73 bits per heavy atom. The number of anilines is 1. The Morgan fingerprint density at radius 1 is 1.07 bits per heavy atom. The van der Waals surface area contributed by atoms with Gasteiger partial charge in [0.05, 0.1) is 0 Å². The normalized spacial score (nSPS) is 16.3. The predicted octanol–water partition coefficient (Wildman–Crippen LogP) is 3.28. The SMILES string of the molecule is CC(=O)N1CCCCCCCN(CC(C)C)Cc2cc(C(=O)NCC(=O)O)ccc21. The number of nitrogens with zero attached hydrogens (tertiary/aromatic N) is 2.